The highest BCUT2D eigenvalue weighted by Crippen LogP contribution is 2.32. The molecular formula is C26H26N2. The second-order valence-electron chi connectivity index (χ2n) is 7.70. The summed E-state index contributed by atoms with van der Waals surface area (Å²) in [7, 11) is 0. The molecule has 0 amide bonds. The fourth-order valence-corrected chi connectivity index (χ4v) is 3.59. The Hall–Kier alpha value is -3.13. The van der Waals surface area contributed by atoms with Gasteiger partial charge in [0, 0.05) is 16.7 Å². The van der Waals surface area contributed by atoms with Crippen molar-refractivity contribution in [2.24, 2.45) is 0 Å². The van der Waals surface area contributed by atoms with Gasteiger partial charge in [-0.3, -0.25) is 4.68 Å². The summed E-state index contributed by atoms with van der Waals surface area (Å²) in [5.41, 5.74) is 10.9. The smallest absolute Gasteiger partial charge is 0.0959 e. The summed E-state index contributed by atoms with van der Waals surface area (Å²) in [6.07, 6.45) is 0. The van der Waals surface area contributed by atoms with E-state index in [1.807, 2.05) is 0 Å². The van der Waals surface area contributed by atoms with Crippen LogP contribution in [0.1, 0.15) is 27.8 Å². The minimum Gasteiger partial charge on any atom is -0.260 e. The molecule has 0 bridgehead atoms. The van der Waals surface area contributed by atoms with Gasteiger partial charge in [-0.05, 0) is 33.3 Å². The Morgan fingerprint density at radius 2 is 1.07 bits per heavy atom. The first-order chi connectivity index (χ1) is 13.5. The van der Waals surface area contributed by atoms with E-state index in [-0.39, 0.29) is 0 Å². The van der Waals surface area contributed by atoms with E-state index in [0.717, 1.165) is 12.2 Å². The minimum absolute atomic E-state index is 0.760. The maximum atomic E-state index is 5.04. The van der Waals surface area contributed by atoms with Gasteiger partial charge in [0.05, 0.1) is 17.9 Å². The zero-order valence-corrected chi connectivity index (χ0v) is 17.0. The Bertz CT molecular complexity index is 1080. The van der Waals surface area contributed by atoms with Crippen molar-refractivity contribution in [3.8, 4) is 22.5 Å². The summed E-state index contributed by atoms with van der Waals surface area (Å²) in [5.74, 6) is 0. The molecule has 0 aliphatic rings. The molecule has 1 heterocycles. The molecule has 0 saturated carbocycles. The predicted octanol–water partition coefficient (Wildman–Crippen LogP) is 6.50. The number of hydrogen-bond acceptors (Lipinski definition) is 1. The third-order valence-corrected chi connectivity index (χ3v) is 5.29. The van der Waals surface area contributed by atoms with Crippen LogP contribution in [0.15, 0.2) is 72.8 Å². The first kappa shape index (κ1) is 18.2. The number of benzene rings is 3. The number of aryl methyl sites for hydroxylation is 3. The zero-order chi connectivity index (χ0) is 19.7. The SMILES string of the molecule is Cc1ccc(Cn2nc(-c3ccc(C)cc3)c(C)c2-c2ccc(C)cc2)cc1. The van der Waals surface area contributed by atoms with Crippen molar-refractivity contribution >= 4 is 0 Å². The van der Waals surface area contributed by atoms with Crippen molar-refractivity contribution in [2.75, 3.05) is 0 Å². The highest BCUT2D eigenvalue weighted by atomic mass is 15.3. The second-order valence-corrected chi connectivity index (χ2v) is 7.70. The molecule has 4 aromatic rings. The van der Waals surface area contributed by atoms with Crippen molar-refractivity contribution in [1.29, 1.82) is 0 Å². The summed E-state index contributed by atoms with van der Waals surface area (Å²) in [6.45, 7) is 9.30. The Labute approximate surface area is 167 Å². The van der Waals surface area contributed by atoms with Crippen molar-refractivity contribution in [3.05, 3.63) is 101 Å². The van der Waals surface area contributed by atoms with Gasteiger partial charge in [-0.25, -0.2) is 0 Å². The molecule has 0 fully saturated rings. The summed E-state index contributed by atoms with van der Waals surface area (Å²) < 4.78 is 2.15. The van der Waals surface area contributed by atoms with E-state index in [1.165, 1.54) is 44.6 Å². The van der Waals surface area contributed by atoms with Gasteiger partial charge >= 0.3 is 0 Å². The van der Waals surface area contributed by atoms with Crippen molar-refractivity contribution in [2.45, 2.75) is 34.2 Å². The van der Waals surface area contributed by atoms with Gasteiger partial charge in [0.2, 0.25) is 0 Å². The highest BCUT2D eigenvalue weighted by Gasteiger charge is 2.17. The molecule has 0 aliphatic heterocycles. The van der Waals surface area contributed by atoms with Crippen LogP contribution in [-0.4, -0.2) is 9.78 Å². The molecular weight excluding hydrogens is 340 g/mol. The van der Waals surface area contributed by atoms with Crippen LogP contribution in [0.25, 0.3) is 22.5 Å². The molecule has 28 heavy (non-hydrogen) atoms. The standard InChI is InChI=1S/C26H26N2/c1-18-5-11-22(12-6-18)17-28-26(24-15-9-20(3)10-16-24)21(4)25(27-28)23-13-7-19(2)8-14-23/h5-16H,17H2,1-4H3. The van der Waals surface area contributed by atoms with Crippen LogP contribution in [0.2, 0.25) is 0 Å². The monoisotopic (exact) mass is 366 g/mol. The van der Waals surface area contributed by atoms with E-state index in [4.69, 9.17) is 5.10 Å². The number of aromatic nitrogens is 2. The van der Waals surface area contributed by atoms with E-state index in [0.29, 0.717) is 0 Å². The molecule has 0 N–H and O–H groups in total. The maximum Gasteiger partial charge on any atom is 0.0959 e. The lowest BCUT2D eigenvalue weighted by Crippen LogP contribution is -2.04. The Kier molecular flexibility index (Phi) is 4.87. The van der Waals surface area contributed by atoms with Crippen LogP contribution in [0.3, 0.4) is 0 Å². The summed E-state index contributed by atoms with van der Waals surface area (Å²) in [4.78, 5) is 0. The molecule has 0 aliphatic carbocycles. The number of rotatable bonds is 4. The molecule has 140 valence electrons. The Morgan fingerprint density at radius 1 is 0.607 bits per heavy atom. The van der Waals surface area contributed by atoms with Gasteiger partial charge in [0.1, 0.15) is 0 Å². The normalized spacial score (nSPS) is 11.0. The van der Waals surface area contributed by atoms with Crippen LogP contribution in [0, 0.1) is 27.7 Å². The third-order valence-electron chi connectivity index (χ3n) is 5.29. The van der Waals surface area contributed by atoms with Gasteiger partial charge < -0.3 is 0 Å². The van der Waals surface area contributed by atoms with Crippen molar-refractivity contribution < 1.29 is 0 Å². The van der Waals surface area contributed by atoms with Crippen molar-refractivity contribution in [3.63, 3.8) is 0 Å². The fraction of sp³-hybridized carbons (Fsp3) is 0.192. The fourth-order valence-electron chi connectivity index (χ4n) is 3.59. The van der Waals surface area contributed by atoms with E-state index in [9.17, 15) is 0 Å². The summed E-state index contributed by atoms with van der Waals surface area (Å²) >= 11 is 0. The molecule has 3 aromatic carbocycles. The average molecular weight is 367 g/mol. The zero-order valence-electron chi connectivity index (χ0n) is 17.0. The molecule has 0 unspecified atom stereocenters. The molecule has 4 rings (SSSR count). The minimum atomic E-state index is 0.760. The predicted molar refractivity (Wildman–Crippen MR) is 118 cm³/mol. The van der Waals surface area contributed by atoms with Crippen LogP contribution in [0.5, 0.6) is 0 Å². The first-order valence-corrected chi connectivity index (χ1v) is 9.78. The van der Waals surface area contributed by atoms with Gasteiger partial charge in [-0.15, -0.1) is 0 Å². The molecule has 2 heteroatoms. The molecule has 0 radical (unpaired) electrons. The average Bonchev–Trinajstić information content (AvgIpc) is 3.01. The lowest BCUT2D eigenvalue weighted by atomic mass is 10.0. The summed E-state index contributed by atoms with van der Waals surface area (Å²) in [5, 5.41) is 5.04. The topological polar surface area (TPSA) is 17.8 Å². The van der Waals surface area contributed by atoms with Gasteiger partial charge in [-0.2, -0.15) is 5.10 Å². The van der Waals surface area contributed by atoms with Crippen LogP contribution >= 0.6 is 0 Å². The van der Waals surface area contributed by atoms with Crippen LogP contribution < -0.4 is 0 Å². The van der Waals surface area contributed by atoms with Crippen LogP contribution in [-0.2, 0) is 6.54 Å². The lowest BCUT2D eigenvalue weighted by molar-refractivity contribution is 0.696. The summed E-state index contributed by atoms with van der Waals surface area (Å²) in [6, 6.07) is 26.1. The van der Waals surface area contributed by atoms with Crippen molar-refractivity contribution in [1.82, 2.24) is 9.78 Å². The quantitative estimate of drug-likeness (QED) is 0.403. The molecule has 1 aromatic heterocycles. The highest BCUT2D eigenvalue weighted by molar-refractivity contribution is 5.74. The molecule has 0 saturated heterocycles. The largest absolute Gasteiger partial charge is 0.260 e. The van der Waals surface area contributed by atoms with E-state index >= 15 is 0 Å². The Balaban J connectivity index is 1.84. The maximum absolute atomic E-state index is 5.04. The number of nitrogens with zero attached hydrogens (tertiary/aromatic N) is 2. The first-order valence-electron chi connectivity index (χ1n) is 9.78. The van der Waals surface area contributed by atoms with E-state index < -0.39 is 0 Å². The van der Waals surface area contributed by atoms with Gasteiger partial charge in [0.15, 0.2) is 0 Å². The molecule has 0 spiro atoms. The van der Waals surface area contributed by atoms with E-state index in [1.54, 1.807) is 0 Å². The number of hydrogen-bond donors (Lipinski definition) is 0. The van der Waals surface area contributed by atoms with E-state index in [2.05, 4.69) is 105 Å². The van der Waals surface area contributed by atoms with Gasteiger partial charge in [0.25, 0.3) is 0 Å². The van der Waals surface area contributed by atoms with Gasteiger partial charge in [-0.1, -0.05) is 89.5 Å². The second kappa shape index (κ2) is 7.47. The Morgan fingerprint density at radius 3 is 1.61 bits per heavy atom. The lowest BCUT2D eigenvalue weighted by Gasteiger charge is -2.10. The third kappa shape index (κ3) is 3.63. The van der Waals surface area contributed by atoms with Crippen LogP contribution in [0.4, 0.5) is 0 Å². The molecule has 0 atom stereocenters. The molecule has 2 nitrogen and oxygen atoms in total.